The fourth-order valence-electron chi connectivity index (χ4n) is 3.22. The lowest BCUT2D eigenvalue weighted by Crippen LogP contribution is -2.23. The van der Waals surface area contributed by atoms with Crippen molar-refractivity contribution in [2.75, 3.05) is 20.6 Å². The van der Waals surface area contributed by atoms with Gasteiger partial charge in [0.05, 0.1) is 17.1 Å². The zero-order chi connectivity index (χ0) is 19.0. The average molecular weight is 382 g/mol. The van der Waals surface area contributed by atoms with Crippen LogP contribution in [0.3, 0.4) is 0 Å². The minimum Gasteiger partial charge on any atom is -0.315 e. The smallest absolute Gasteiger partial charge is 0.261 e. The van der Waals surface area contributed by atoms with E-state index < -0.39 is 0 Å². The third kappa shape index (κ3) is 3.34. The van der Waals surface area contributed by atoms with Crippen LogP contribution in [0.2, 0.25) is 5.02 Å². The van der Waals surface area contributed by atoms with Crippen LogP contribution < -0.4 is 5.56 Å². The van der Waals surface area contributed by atoms with Gasteiger partial charge in [-0.3, -0.25) is 4.79 Å². The Morgan fingerprint density at radius 2 is 1.89 bits per heavy atom. The number of aryl methyl sites for hydroxylation is 1. The molecule has 7 heteroatoms. The first-order valence-corrected chi connectivity index (χ1v) is 9.19. The van der Waals surface area contributed by atoms with Crippen molar-refractivity contribution in [2.45, 2.75) is 13.0 Å². The maximum atomic E-state index is 12.8. The van der Waals surface area contributed by atoms with E-state index in [4.69, 9.17) is 11.6 Å². The average Bonchev–Trinajstić information content (AvgIpc) is 3.08. The molecule has 0 spiro atoms. The molecule has 27 heavy (non-hydrogen) atoms. The summed E-state index contributed by atoms with van der Waals surface area (Å²) in [7, 11) is 4.06. The number of hydrogen-bond acceptors (Lipinski definition) is 4. The summed E-state index contributed by atoms with van der Waals surface area (Å²) < 4.78 is 3.47. The standard InChI is InChI=1S/C20H20ClN5O/c1-24(2)9-3-10-25-11-8-18-17(20(25)27)12-22-19-16(13-23-26(18)19)14-4-6-15(21)7-5-14/h4-8,11-13H,3,9-10H2,1-2H3. The summed E-state index contributed by atoms with van der Waals surface area (Å²) in [5.41, 5.74) is 3.33. The Hall–Kier alpha value is -2.70. The summed E-state index contributed by atoms with van der Waals surface area (Å²) in [5, 5.41) is 5.72. The van der Waals surface area contributed by atoms with Crippen molar-refractivity contribution in [3.8, 4) is 11.1 Å². The zero-order valence-electron chi connectivity index (χ0n) is 15.3. The maximum Gasteiger partial charge on any atom is 0.261 e. The Morgan fingerprint density at radius 1 is 1.11 bits per heavy atom. The maximum absolute atomic E-state index is 12.8. The van der Waals surface area contributed by atoms with Gasteiger partial charge in [-0.15, -0.1) is 0 Å². The van der Waals surface area contributed by atoms with Gasteiger partial charge in [0, 0.05) is 29.5 Å². The van der Waals surface area contributed by atoms with E-state index in [1.165, 1.54) is 0 Å². The van der Waals surface area contributed by atoms with Gasteiger partial charge in [-0.1, -0.05) is 23.7 Å². The number of rotatable bonds is 5. The molecule has 4 rings (SSSR count). The lowest BCUT2D eigenvalue weighted by molar-refractivity contribution is 0.385. The molecule has 4 aromatic rings. The number of hydrogen-bond donors (Lipinski definition) is 0. The molecule has 0 aliphatic heterocycles. The number of halogens is 1. The lowest BCUT2D eigenvalue weighted by atomic mass is 10.1. The van der Waals surface area contributed by atoms with E-state index >= 15 is 0 Å². The van der Waals surface area contributed by atoms with Crippen molar-refractivity contribution >= 4 is 28.2 Å². The highest BCUT2D eigenvalue weighted by Gasteiger charge is 2.13. The first-order valence-electron chi connectivity index (χ1n) is 8.81. The van der Waals surface area contributed by atoms with Crippen molar-refractivity contribution < 1.29 is 0 Å². The van der Waals surface area contributed by atoms with Gasteiger partial charge >= 0.3 is 0 Å². The number of benzene rings is 1. The molecule has 0 fully saturated rings. The molecule has 0 unspecified atom stereocenters. The minimum absolute atomic E-state index is 0.0378. The van der Waals surface area contributed by atoms with Gasteiger partial charge in [0.1, 0.15) is 0 Å². The third-order valence-electron chi connectivity index (χ3n) is 4.63. The number of nitrogens with zero attached hydrogens (tertiary/aromatic N) is 5. The van der Waals surface area contributed by atoms with Crippen molar-refractivity contribution in [1.82, 2.24) is 24.1 Å². The van der Waals surface area contributed by atoms with Crippen molar-refractivity contribution in [3.05, 3.63) is 64.3 Å². The Kier molecular flexibility index (Phi) is 4.68. The van der Waals surface area contributed by atoms with Crippen LogP contribution in [0.1, 0.15) is 6.42 Å². The zero-order valence-corrected chi connectivity index (χ0v) is 16.0. The van der Waals surface area contributed by atoms with Gasteiger partial charge in [-0.2, -0.15) is 5.10 Å². The molecule has 3 aromatic heterocycles. The molecule has 0 saturated heterocycles. The molecule has 0 aliphatic rings. The molecular weight excluding hydrogens is 362 g/mol. The first-order chi connectivity index (χ1) is 13.0. The Morgan fingerprint density at radius 3 is 2.63 bits per heavy atom. The molecular formula is C20H20ClN5O. The van der Waals surface area contributed by atoms with Gasteiger partial charge in [0.15, 0.2) is 5.65 Å². The molecule has 0 atom stereocenters. The van der Waals surface area contributed by atoms with Gasteiger partial charge < -0.3 is 9.47 Å². The number of pyridine rings is 1. The second-order valence-electron chi connectivity index (χ2n) is 6.83. The molecule has 1 aromatic carbocycles. The largest absolute Gasteiger partial charge is 0.315 e. The van der Waals surface area contributed by atoms with Crippen molar-refractivity contribution in [2.24, 2.45) is 0 Å². The van der Waals surface area contributed by atoms with E-state index in [1.807, 2.05) is 50.6 Å². The highest BCUT2D eigenvalue weighted by atomic mass is 35.5. The quantitative estimate of drug-likeness (QED) is 0.532. The van der Waals surface area contributed by atoms with Gasteiger partial charge in [0.2, 0.25) is 0 Å². The Bertz CT molecular complexity index is 1160. The van der Waals surface area contributed by atoms with E-state index in [1.54, 1.807) is 21.5 Å². The van der Waals surface area contributed by atoms with Crippen LogP contribution in [0, 0.1) is 0 Å². The Labute approximate surface area is 161 Å². The van der Waals surface area contributed by atoms with Crippen LogP contribution in [0.15, 0.2) is 53.7 Å². The summed E-state index contributed by atoms with van der Waals surface area (Å²) >= 11 is 5.98. The van der Waals surface area contributed by atoms with E-state index in [0.717, 1.165) is 35.3 Å². The molecule has 138 valence electrons. The number of aromatic nitrogens is 4. The SMILES string of the molecule is CN(C)CCCn1ccc2c(cnc3c(-c4ccc(Cl)cc4)cnn32)c1=O. The predicted octanol–water partition coefficient (Wildman–Crippen LogP) is 3.32. The Balaban J connectivity index is 1.77. The molecule has 3 heterocycles. The summed E-state index contributed by atoms with van der Waals surface area (Å²) in [5.74, 6) is 0. The summed E-state index contributed by atoms with van der Waals surface area (Å²) in [6.45, 7) is 1.62. The van der Waals surface area contributed by atoms with Crippen LogP contribution >= 0.6 is 11.6 Å². The molecule has 6 nitrogen and oxygen atoms in total. The molecule has 0 amide bonds. The van der Waals surface area contributed by atoms with E-state index in [2.05, 4.69) is 15.0 Å². The fraction of sp³-hybridized carbons (Fsp3) is 0.250. The van der Waals surface area contributed by atoms with Gasteiger partial charge in [-0.25, -0.2) is 9.50 Å². The predicted molar refractivity (Wildman–Crippen MR) is 108 cm³/mol. The second-order valence-corrected chi connectivity index (χ2v) is 7.27. The fourth-order valence-corrected chi connectivity index (χ4v) is 3.35. The molecule has 0 radical (unpaired) electrons. The molecule has 0 bridgehead atoms. The van der Waals surface area contributed by atoms with Crippen molar-refractivity contribution in [3.63, 3.8) is 0 Å². The lowest BCUT2D eigenvalue weighted by Gasteiger charge is -2.11. The van der Waals surface area contributed by atoms with Crippen LogP contribution in [0.25, 0.3) is 27.7 Å². The van der Waals surface area contributed by atoms with Crippen LogP contribution in [-0.2, 0) is 6.54 Å². The van der Waals surface area contributed by atoms with E-state index in [9.17, 15) is 4.79 Å². The second kappa shape index (κ2) is 7.13. The normalized spacial score (nSPS) is 11.7. The topological polar surface area (TPSA) is 55.4 Å². The molecule has 0 N–H and O–H groups in total. The molecule has 0 saturated carbocycles. The van der Waals surface area contributed by atoms with Crippen LogP contribution in [0.4, 0.5) is 0 Å². The monoisotopic (exact) mass is 381 g/mol. The highest BCUT2D eigenvalue weighted by Crippen LogP contribution is 2.26. The molecule has 0 aliphatic carbocycles. The summed E-state index contributed by atoms with van der Waals surface area (Å²) in [6.07, 6.45) is 6.17. The van der Waals surface area contributed by atoms with Gasteiger partial charge in [-0.05, 0) is 50.8 Å². The summed E-state index contributed by atoms with van der Waals surface area (Å²) in [6, 6.07) is 9.49. The van der Waals surface area contributed by atoms with E-state index in [-0.39, 0.29) is 5.56 Å². The third-order valence-corrected chi connectivity index (χ3v) is 4.88. The summed E-state index contributed by atoms with van der Waals surface area (Å²) in [4.78, 5) is 19.5. The minimum atomic E-state index is -0.0378. The number of fused-ring (bicyclic) bond motifs is 3. The van der Waals surface area contributed by atoms with Crippen LogP contribution in [-0.4, -0.2) is 44.7 Å². The van der Waals surface area contributed by atoms with Crippen molar-refractivity contribution in [1.29, 1.82) is 0 Å². The van der Waals surface area contributed by atoms with E-state index in [0.29, 0.717) is 17.0 Å². The van der Waals surface area contributed by atoms with Gasteiger partial charge in [0.25, 0.3) is 5.56 Å². The first kappa shape index (κ1) is 17.7. The van der Waals surface area contributed by atoms with Crippen LogP contribution in [0.5, 0.6) is 0 Å². The highest BCUT2D eigenvalue weighted by molar-refractivity contribution is 6.30.